The summed E-state index contributed by atoms with van der Waals surface area (Å²) in [4.78, 5) is 24.7. The Morgan fingerprint density at radius 2 is 1.85 bits per heavy atom. The summed E-state index contributed by atoms with van der Waals surface area (Å²) in [5.74, 6) is 0.771. The Hall–Kier alpha value is -2.96. The van der Waals surface area contributed by atoms with Crippen molar-refractivity contribution in [2.45, 2.75) is 24.7 Å². The van der Waals surface area contributed by atoms with Crippen LogP contribution in [0.2, 0.25) is 0 Å². The van der Waals surface area contributed by atoms with Crippen LogP contribution in [0.15, 0.2) is 21.8 Å². The first-order valence-electron chi connectivity index (χ1n) is 11.4. The summed E-state index contributed by atoms with van der Waals surface area (Å²) in [7, 11) is 1.80. The van der Waals surface area contributed by atoms with Crippen LogP contribution in [0, 0.1) is 0 Å². The molecule has 0 unspecified atom stereocenters. The van der Waals surface area contributed by atoms with Crippen molar-refractivity contribution in [2.75, 3.05) is 51.9 Å². The van der Waals surface area contributed by atoms with Crippen LogP contribution in [0.5, 0.6) is 5.75 Å². The normalized spacial score (nSPS) is 17.4. The molecule has 2 aliphatic rings. The van der Waals surface area contributed by atoms with Gasteiger partial charge in [-0.15, -0.1) is 0 Å². The van der Waals surface area contributed by atoms with Crippen molar-refractivity contribution in [1.82, 2.24) is 29.0 Å². The van der Waals surface area contributed by atoms with Gasteiger partial charge in [-0.2, -0.15) is 9.40 Å². The van der Waals surface area contributed by atoms with Gasteiger partial charge in [-0.25, -0.2) is 13.4 Å². The number of anilines is 1. The second kappa shape index (κ2) is 8.36. The number of aromatic amines is 1. The van der Waals surface area contributed by atoms with E-state index in [9.17, 15) is 13.2 Å². The predicted octanol–water partition coefficient (Wildman–Crippen LogP) is 0.998. The monoisotopic (exact) mass is 487 g/mol. The second-order valence-corrected chi connectivity index (χ2v) is 10.9. The van der Waals surface area contributed by atoms with E-state index in [4.69, 9.17) is 9.72 Å². The number of rotatable bonds is 5. The van der Waals surface area contributed by atoms with E-state index in [0.717, 1.165) is 12.1 Å². The summed E-state index contributed by atoms with van der Waals surface area (Å²) in [6.07, 6.45) is 1.54. The van der Waals surface area contributed by atoms with E-state index >= 15 is 0 Å². The minimum atomic E-state index is -3.74. The first kappa shape index (κ1) is 22.8. The maximum absolute atomic E-state index is 13.5. The van der Waals surface area contributed by atoms with Crippen LogP contribution >= 0.6 is 0 Å². The second-order valence-electron chi connectivity index (χ2n) is 8.93. The molecular weight excluding hydrogens is 458 g/mol. The first-order valence-corrected chi connectivity index (χ1v) is 12.8. The molecule has 3 aromatic rings. The highest BCUT2D eigenvalue weighted by atomic mass is 32.2. The lowest BCUT2D eigenvalue weighted by atomic mass is 10.1. The summed E-state index contributed by atoms with van der Waals surface area (Å²) in [6.45, 7) is 4.52. The SMILES string of the molecule is CCCc1nn(C)c2c(=O)[nH]c(-c3cc(S(=O)(=O)N4CCN(C)CC4)cc4c3OCN4C)nc12. The van der Waals surface area contributed by atoms with Crippen molar-refractivity contribution >= 4 is 26.7 Å². The smallest absolute Gasteiger partial charge is 0.277 e. The fraction of sp³-hybridized carbons (Fsp3) is 0.500. The Labute approximate surface area is 198 Å². The number of aromatic nitrogens is 4. The van der Waals surface area contributed by atoms with Crippen molar-refractivity contribution in [3.05, 3.63) is 28.2 Å². The Balaban J connectivity index is 1.69. The molecule has 0 atom stereocenters. The molecule has 1 aromatic carbocycles. The molecule has 0 spiro atoms. The molecule has 2 aromatic heterocycles. The van der Waals surface area contributed by atoms with Crippen LogP contribution < -0.4 is 15.2 Å². The average molecular weight is 488 g/mol. The molecule has 1 fully saturated rings. The topological polar surface area (TPSA) is 117 Å². The van der Waals surface area contributed by atoms with E-state index < -0.39 is 10.0 Å². The highest BCUT2D eigenvalue weighted by Gasteiger charge is 2.32. The van der Waals surface area contributed by atoms with Gasteiger partial charge in [-0.05, 0) is 25.6 Å². The van der Waals surface area contributed by atoms with Crippen LogP contribution in [-0.4, -0.2) is 84.4 Å². The zero-order valence-electron chi connectivity index (χ0n) is 19.8. The van der Waals surface area contributed by atoms with Crippen LogP contribution in [-0.2, 0) is 23.5 Å². The lowest BCUT2D eigenvalue weighted by Crippen LogP contribution is -2.47. The van der Waals surface area contributed by atoms with Crippen molar-refractivity contribution in [3.63, 3.8) is 0 Å². The zero-order valence-corrected chi connectivity index (χ0v) is 20.6. The Morgan fingerprint density at radius 1 is 1.12 bits per heavy atom. The number of sulfonamides is 1. The van der Waals surface area contributed by atoms with E-state index in [1.807, 2.05) is 25.9 Å². The van der Waals surface area contributed by atoms with Crippen molar-refractivity contribution in [3.8, 4) is 17.1 Å². The van der Waals surface area contributed by atoms with Crippen LogP contribution in [0.4, 0.5) is 5.69 Å². The summed E-state index contributed by atoms with van der Waals surface area (Å²) >= 11 is 0. The van der Waals surface area contributed by atoms with Gasteiger partial charge in [-0.1, -0.05) is 13.3 Å². The third-order valence-corrected chi connectivity index (χ3v) is 8.34. The number of likely N-dealkylation sites (N-methyl/N-ethyl adjacent to an activating group) is 1. The van der Waals surface area contributed by atoms with Crippen molar-refractivity contribution < 1.29 is 13.2 Å². The van der Waals surface area contributed by atoms with Gasteiger partial charge in [0.2, 0.25) is 10.0 Å². The van der Waals surface area contributed by atoms with Crippen LogP contribution in [0.1, 0.15) is 19.0 Å². The maximum Gasteiger partial charge on any atom is 0.277 e. The standard InChI is InChI=1S/C22H29N7O4S/c1-5-6-16-18-19(28(4)25-16)22(30)24-21(23-18)15-11-14(12-17-20(15)33-13-27(17)3)34(31,32)29-9-7-26(2)8-10-29/h11-12H,5-10,13H2,1-4H3,(H,23,24,30). The number of aryl methyl sites for hydroxylation is 2. The quantitative estimate of drug-likeness (QED) is 0.567. The Kier molecular flexibility index (Phi) is 5.61. The van der Waals surface area contributed by atoms with E-state index in [0.29, 0.717) is 60.6 Å². The molecule has 0 amide bonds. The van der Waals surface area contributed by atoms with E-state index in [-0.39, 0.29) is 23.0 Å². The third-order valence-electron chi connectivity index (χ3n) is 6.46. The predicted molar refractivity (Wildman–Crippen MR) is 129 cm³/mol. The fourth-order valence-corrected chi connectivity index (χ4v) is 6.01. The molecule has 0 radical (unpaired) electrons. The minimum absolute atomic E-state index is 0.158. The first-order chi connectivity index (χ1) is 16.2. The Bertz CT molecular complexity index is 1420. The molecular formula is C22H29N7O4S. The number of hydrogen-bond acceptors (Lipinski definition) is 8. The largest absolute Gasteiger partial charge is 0.470 e. The molecule has 11 nitrogen and oxygen atoms in total. The number of nitrogens with zero attached hydrogens (tertiary/aromatic N) is 6. The number of piperazine rings is 1. The molecule has 1 saturated heterocycles. The van der Waals surface area contributed by atoms with Gasteiger partial charge < -0.3 is 19.5 Å². The average Bonchev–Trinajstić information content (AvgIpc) is 3.33. The number of H-pyrrole nitrogens is 1. The van der Waals surface area contributed by atoms with Gasteiger partial charge in [0, 0.05) is 40.3 Å². The van der Waals surface area contributed by atoms with E-state index in [2.05, 4.69) is 15.0 Å². The lowest BCUT2D eigenvalue weighted by molar-refractivity contribution is 0.222. The Morgan fingerprint density at radius 3 is 2.56 bits per heavy atom. The molecule has 182 valence electrons. The van der Waals surface area contributed by atoms with Gasteiger partial charge in [0.1, 0.15) is 11.3 Å². The van der Waals surface area contributed by atoms with Crippen molar-refractivity contribution in [1.29, 1.82) is 0 Å². The summed E-state index contributed by atoms with van der Waals surface area (Å²) in [5.41, 5.74) is 2.42. The van der Waals surface area contributed by atoms with Gasteiger partial charge in [0.15, 0.2) is 18.0 Å². The maximum atomic E-state index is 13.5. The van der Waals surface area contributed by atoms with Gasteiger partial charge in [0.25, 0.3) is 5.56 Å². The minimum Gasteiger partial charge on any atom is -0.470 e. The van der Waals surface area contributed by atoms with Gasteiger partial charge in [-0.3, -0.25) is 9.48 Å². The molecule has 2 aliphatic heterocycles. The summed E-state index contributed by atoms with van der Waals surface area (Å²) < 4.78 is 36.0. The molecule has 34 heavy (non-hydrogen) atoms. The van der Waals surface area contributed by atoms with Crippen molar-refractivity contribution in [2.24, 2.45) is 7.05 Å². The van der Waals surface area contributed by atoms with Gasteiger partial charge >= 0.3 is 0 Å². The molecule has 0 bridgehead atoms. The third kappa shape index (κ3) is 3.65. The highest BCUT2D eigenvalue weighted by molar-refractivity contribution is 7.89. The van der Waals surface area contributed by atoms with Gasteiger partial charge in [0.05, 0.1) is 21.8 Å². The molecule has 0 aliphatic carbocycles. The van der Waals surface area contributed by atoms with Crippen LogP contribution in [0.25, 0.3) is 22.4 Å². The van der Waals surface area contributed by atoms with E-state index in [1.54, 1.807) is 23.9 Å². The zero-order chi connectivity index (χ0) is 24.2. The molecule has 12 heteroatoms. The number of fused-ring (bicyclic) bond motifs is 2. The number of nitrogens with one attached hydrogen (secondary N) is 1. The molecule has 4 heterocycles. The number of ether oxygens (including phenoxy) is 1. The number of hydrogen-bond donors (Lipinski definition) is 1. The molecule has 1 N–H and O–H groups in total. The number of benzene rings is 1. The molecule has 5 rings (SSSR count). The summed E-state index contributed by atoms with van der Waals surface area (Å²) in [5, 5.41) is 4.47. The summed E-state index contributed by atoms with van der Waals surface area (Å²) in [6, 6.07) is 3.20. The fourth-order valence-electron chi connectivity index (χ4n) is 4.54. The molecule has 0 saturated carbocycles. The van der Waals surface area contributed by atoms with Crippen LogP contribution in [0.3, 0.4) is 0 Å². The lowest BCUT2D eigenvalue weighted by Gasteiger charge is -2.31. The highest BCUT2D eigenvalue weighted by Crippen LogP contribution is 2.43. The van der Waals surface area contributed by atoms with E-state index in [1.165, 1.54) is 4.31 Å².